The molecule has 0 unspecified atom stereocenters. The number of anilines is 4. The van der Waals surface area contributed by atoms with Gasteiger partial charge in [-0.1, -0.05) is 0 Å². The average Bonchev–Trinajstić information content (AvgIpc) is 2.71. The van der Waals surface area contributed by atoms with Gasteiger partial charge in [-0.3, -0.25) is 9.69 Å². The largest absolute Gasteiger partial charge is 0.495 e. The van der Waals surface area contributed by atoms with Crippen molar-refractivity contribution in [2.45, 2.75) is 25.8 Å². The number of pyridine rings is 1. The maximum absolute atomic E-state index is 11.9. The Balaban J connectivity index is 1.93. The number of nitrogens with zero attached hydrogens (tertiary/aromatic N) is 5. The summed E-state index contributed by atoms with van der Waals surface area (Å²) >= 11 is 0. The number of ether oxygens (including phenoxy) is 2. The molecule has 2 aromatic heterocycles. The summed E-state index contributed by atoms with van der Waals surface area (Å²) in [5.74, 6) is 2.25. The summed E-state index contributed by atoms with van der Waals surface area (Å²) < 4.78 is 10.6. The minimum absolute atomic E-state index is 0.0496. The molecule has 0 radical (unpaired) electrons. The Hall–Kier alpha value is -2.94. The average molecular weight is 386 g/mol. The lowest BCUT2D eigenvalue weighted by Crippen LogP contribution is -2.40. The van der Waals surface area contributed by atoms with Gasteiger partial charge in [0.15, 0.2) is 5.82 Å². The highest BCUT2D eigenvalue weighted by Gasteiger charge is 2.26. The lowest BCUT2D eigenvalue weighted by molar-refractivity contribution is -0.108. The van der Waals surface area contributed by atoms with Crippen molar-refractivity contribution in [3.8, 4) is 5.75 Å². The van der Waals surface area contributed by atoms with Crippen molar-refractivity contribution in [1.29, 1.82) is 0 Å². The quantitative estimate of drug-likeness (QED) is 0.724. The van der Waals surface area contributed by atoms with Crippen molar-refractivity contribution >= 4 is 29.7 Å². The van der Waals surface area contributed by atoms with Crippen LogP contribution in [0.2, 0.25) is 0 Å². The topological polar surface area (TPSA) is 92.7 Å². The van der Waals surface area contributed by atoms with Crippen LogP contribution >= 0.6 is 0 Å². The van der Waals surface area contributed by atoms with Gasteiger partial charge in [0.25, 0.3) is 0 Å². The number of carbonyl (C=O) groups is 1. The standard InChI is InChI=1S/C19H26N6O3/c1-13-9-15(27-4)10-20-17(13)22-19-21-11-16(24(2)3)18(23-19)25(12-26)14-5-7-28-8-6-14/h9-12,14H,5-8H2,1-4H3,(H,20,21,22,23). The Morgan fingerprint density at radius 1 is 1.25 bits per heavy atom. The van der Waals surface area contributed by atoms with Crippen molar-refractivity contribution in [2.24, 2.45) is 0 Å². The number of methoxy groups -OCH3 is 1. The molecular weight excluding hydrogens is 360 g/mol. The first-order valence-electron chi connectivity index (χ1n) is 9.17. The van der Waals surface area contributed by atoms with Crippen molar-refractivity contribution < 1.29 is 14.3 Å². The van der Waals surface area contributed by atoms with Crippen LogP contribution in [0.25, 0.3) is 0 Å². The highest BCUT2D eigenvalue weighted by molar-refractivity contribution is 5.82. The lowest BCUT2D eigenvalue weighted by atomic mass is 10.1. The first-order valence-corrected chi connectivity index (χ1v) is 9.17. The molecule has 1 amide bonds. The Labute approximate surface area is 164 Å². The van der Waals surface area contributed by atoms with Crippen molar-refractivity contribution in [2.75, 3.05) is 49.5 Å². The van der Waals surface area contributed by atoms with Crippen LogP contribution in [0.15, 0.2) is 18.5 Å². The predicted octanol–water partition coefficient (Wildman–Crippen LogP) is 2.14. The van der Waals surface area contributed by atoms with Crippen LogP contribution < -0.4 is 19.9 Å². The molecule has 1 N–H and O–H groups in total. The molecule has 3 heterocycles. The maximum atomic E-state index is 11.9. The zero-order valence-corrected chi connectivity index (χ0v) is 16.7. The van der Waals surface area contributed by atoms with Crippen molar-refractivity contribution in [1.82, 2.24) is 15.0 Å². The normalized spacial score (nSPS) is 14.4. The summed E-state index contributed by atoms with van der Waals surface area (Å²) in [6.45, 7) is 3.20. The number of aromatic nitrogens is 3. The molecule has 0 aromatic carbocycles. The highest BCUT2D eigenvalue weighted by atomic mass is 16.5. The van der Waals surface area contributed by atoms with E-state index in [-0.39, 0.29) is 6.04 Å². The van der Waals surface area contributed by atoms with Crippen molar-refractivity contribution in [3.05, 3.63) is 24.0 Å². The van der Waals surface area contributed by atoms with E-state index in [4.69, 9.17) is 9.47 Å². The molecule has 1 saturated heterocycles. The summed E-state index contributed by atoms with van der Waals surface area (Å²) in [4.78, 5) is 28.9. The van der Waals surface area contributed by atoms with Gasteiger partial charge in [-0.05, 0) is 31.4 Å². The molecule has 1 fully saturated rings. The Morgan fingerprint density at radius 2 is 2.00 bits per heavy atom. The molecule has 9 nitrogen and oxygen atoms in total. The van der Waals surface area contributed by atoms with Gasteiger partial charge in [-0.2, -0.15) is 4.98 Å². The molecule has 150 valence electrons. The number of carbonyl (C=O) groups excluding carboxylic acids is 1. The Morgan fingerprint density at radius 3 is 2.61 bits per heavy atom. The van der Waals surface area contributed by atoms with E-state index in [1.165, 1.54) is 0 Å². The fourth-order valence-electron chi connectivity index (χ4n) is 3.10. The van der Waals surface area contributed by atoms with E-state index in [0.29, 0.717) is 36.5 Å². The Kier molecular flexibility index (Phi) is 6.25. The molecule has 0 spiro atoms. The van der Waals surface area contributed by atoms with Crippen LogP contribution in [0.3, 0.4) is 0 Å². The zero-order valence-electron chi connectivity index (χ0n) is 16.7. The SMILES string of the molecule is COc1cnc(Nc2ncc(N(C)C)c(N(C=O)C3CCOCC3)n2)c(C)c1. The third-order valence-electron chi connectivity index (χ3n) is 4.69. The second kappa shape index (κ2) is 8.83. The van der Waals surface area contributed by atoms with E-state index < -0.39 is 0 Å². The smallest absolute Gasteiger partial charge is 0.230 e. The summed E-state index contributed by atoms with van der Waals surface area (Å²) in [5, 5.41) is 3.14. The van der Waals surface area contributed by atoms with E-state index in [9.17, 15) is 4.79 Å². The predicted molar refractivity (Wildman–Crippen MR) is 108 cm³/mol. The molecular formula is C19H26N6O3. The van der Waals surface area contributed by atoms with Crippen LogP contribution in [0.5, 0.6) is 5.75 Å². The third-order valence-corrected chi connectivity index (χ3v) is 4.69. The van der Waals surface area contributed by atoms with Crippen LogP contribution in [0.1, 0.15) is 18.4 Å². The van der Waals surface area contributed by atoms with Crippen LogP contribution in [-0.4, -0.2) is 61.8 Å². The highest BCUT2D eigenvalue weighted by Crippen LogP contribution is 2.30. The molecule has 0 aliphatic carbocycles. The first-order chi connectivity index (χ1) is 13.5. The Bertz CT molecular complexity index is 823. The second-order valence-electron chi connectivity index (χ2n) is 6.82. The molecule has 0 saturated carbocycles. The third kappa shape index (κ3) is 4.30. The number of nitrogens with one attached hydrogen (secondary N) is 1. The van der Waals surface area contributed by atoms with E-state index in [2.05, 4.69) is 20.3 Å². The van der Waals surface area contributed by atoms with Gasteiger partial charge in [0.05, 0.1) is 25.2 Å². The molecule has 2 aromatic rings. The molecule has 0 atom stereocenters. The maximum Gasteiger partial charge on any atom is 0.230 e. The molecule has 28 heavy (non-hydrogen) atoms. The first kappa shape index (κ1) is 19.8. The number of aryl methyl sites for hydroxylation is 1. The van der Waals surface area contributed by atoms with E-state index in [1.54, 1.807) is 24.4 Å². The minimum Gasteiger partial charge on any atom is -0.495 e. The van der Waals surface area contributed by atoms with Crippen molar-refractivity contribution in [3.63, 3.8) is 0 Å². The number of hydrogen-bond acceptors (Lipinski definition) is 8. The molecule has 9 heteroatoms. The van der Waals surface area contributed by atoms with Gasteiger partial charge in [-0.25, -0.2) is 9.97 Å². The van der Waals surface area contributed by atoms with Gasteiger partial charge in [0.2, 0.25) is 12.4 Å². The van der Waals surface area contributed by atoms with Gasteiger partial charge in [0, 0.05) is 33.4 Å². The van der Waals surface area contributed by atoms with Gasteiger partial charge in [-0.15, -0.1) is 0 Å². The van der Waals surface area contributed by atoms with E-state index in [1.807, 2.05) is 32.0 Å². The van der Waals surface area contributed by atoms with E-state index in [0.717, 1.165) is 30.5 Å². The number of hydrogen-bond donors (Lipinski definition) is 1. The molecule has 1 aliphatic heterocycles. The summed E-state index contributed by atoms with van der Waals surface area (Å²) in [6, 6.07) is 1.93. The van der Waals surface area contributed by atoms with Crippen LogP contribution in [-0.2, 0) is 9.53 Å². The molecule has 0 bridgehead atoms. The van der Waals surface area contributed by atoms with Crippen LogP contribution in [0.4, 0.5) is 23.3 Å². The zero-order chi connectivity index (χ0) is 20.1. The van der Waals surface area contributed by atoms with Crippen LogP contribution in [0, 0.1) is 6.92 Å². The second-order valence-corrected chi connectivity index (χ2v) is 6.82. The lowest BCUT2D eigenvalue weighted by Gasteiger charge is -2.32. The van der Waals surface area contributed by atoms with E-state index >= 15 is 0 Å². The van der Waals surface area contributed by atoms with Gasteiger partial charge >= 0.3 is 0 Å². The fraction of sp³-hybridized carbons (Fsp3) is 0.474. The number of amides is 1. The fourth-order valence-corrected chi connectivity index (χ4v) is 3.10. The minimum atomic E-state index is 0.0496. The molecule has 3 rings (SSSR count). The summed E-state index contributed by atoms with van der Waals surface area (Å²) in [7, 11) is 5.40. The monoisotopic (exact) mass is 386 g/mol. The van der Waals surface area contributed by atoms with Gasteiger partial charge < -0.3 is 19.7 Å². The molecule has 1 aliphatic rings. The number of rotatable bonds is 7. The summed E-state index contributed by atoms with van der Waals surface area (Å²) in [5.41, 5.74) is 1.67. The van der Waals surface area contributed by atoms with Gasteiger partial charge in [0.1, 0.15) is 11.6 Å². The summed E-state index contributed by atoms with van der Waals surface area (Å²) in [6.07, 6.45) is 5.73.